The second-order valence-electron chi connectivity index (χ2n) is 2.74. The molecule has 8 heteroatoms. The summed E-state index contributed by atoms with van der Waals surface area (Å²) in [6, 6.07) is 0. The summed E-state index contributed by atoms with van der Waals surface area (Å²) in [4.78, 5) is 14.1. The topological polar surface area (TPSA) is 87.0 Å². The molecule has 1 rings (SSSR count). The predicted molar refractivity (Wildman–Crippen MR) is 62.9 cm³/mol. The first kappa shape index (κ1) is 11.9. The smallest absolute Gasteiger partial charge is 0.342 e. The zero-order valence-electron chi connectivity index (χ0n) is 8.04. The summed E-state index contributed by atoms with van der Waals surface area (Å²) >= 11 is 5.99. The maximum Gasteiger partial charge on any atom is 0.342 e. The van der Waals surface area contributed by atoms with Crippen LogP contribution in [0.2, 0.25) is 0 Å². The van der Waals surface area contributed by atoms with Crippen molar-refractivity contribution in [3.63, 3.8) is 0 Å². The highest BCUT2D eigenvalue weighted by atomic mass is 32.2. The van der Waals surface area contributed by atoms with E-state index in [0.717, 1.165) is 0 Å². The quantitative estimate of drug-likeness (QED) is 0.486. The molecule has 0 atom stereocenters. The lowest BCUT2D eigenvalue weighted by Gasteiger charge is -2.01. The van der Waals surface area contributed by atoms with E-state index in [-0.39, 0.29) is 5.82 Å². The molecule has 0 aliphatic rings. The average molecular weight is 246 g/mol. The SMILES string of the molecule is Cc1ncc([N+](=O)[O-])n1CCSC(N)=S. The van der Waals surface area contributed by atoms with Crippen LogP contribution in [0.5, 0.6) is 0 Å². The van der Waals surface area contributed by atoms with E-state index in [0.29, 0.717) is 22.4 Å². The Hall–Kier alpha value is -1.15. The first-order valence-corrected chi connectivity index (χ1v) is 5.50. The molecule has 82 valence electrons. The molecule has 1 aromatic rings. The Kier molecular flexibility index (Phi) is 4.04. The minimum absolute atomic E-state index is 0.00367. The van der Waals surface area contributed by atoms with Crippen molar-refractivity contribution in [2.45, 2.75) is 13.5 Å². The van der Waals surface area contributed by atoms with Crippen molar-refractivity contribution < 1.29 is 4.92 Å². The van der Waals surface area contributed by atoms with E-state index in [9.17, 15) is 10.1 Å². The van der Waals surface area contributed by atoms with Crippen molar-refractivity contribution in [1.82, 2.24) is 9.55 Å². The number of hydrogen-bond acceptors (Lipinski definition) is 5. The summed E-state index contributed by atoms with van der Waals surface area (Å²) in [6.07, 6.45) is 1.25. The van der Waals surface area contributed by atoms with Crippen LogP contribution in [0.4, 0.5) is 5.82 Å². The largest absolute Gasteiger partial charge is 0.385 e. The van der Waals surface area contributed by atoms with Gasteiger partial charge in [-0.15, -0.1) is 0 Å². The third-order valence-corrected chi connectivity index (χ3v) is 2.81. The molecule has 1 aromatic heterocycles. The van der Waals surface area contributed by atoms with Crippen LogP contribution in [-0.2, 0) is 6.54 Å². The van der Waals surface area contributed by atoms with E-state index in [1.807, 2.05) is 0 Å². The molecule has 0 fully saturated rings. The van der Waals surface area contributed by atoms with Crippen LogP contribution in [0.15, 0.2) is 6.20 Å². The number of rotatable bonds is 4. The Balaban J connectivity index is 2.70. The maximum atomic E-state index is 10.6. The number of imidazole rings is 1. The molecule has 0 amide bonds. The molecule has 0 radical (unpaired) electrons. The van der Waals surface area contributed by atoms with Gasteiger partial charge in [0.2, 0.25) is 0 Å². The third kappa shape index (κ3) is 3.17. The molecule has 6 nitrogen and oxygen atoms in total. The van der Waals surface area contributed by atoms with Gasteiger partial charge in [-0.25, -0.2) is 9.55 Å². The van der Waals surface area contributed by atoms with E-state index in [4.69, 9.17) is 5.73 Å². The van der Waals surface area contributed by atoms with Crippen molar-refractivity contribution in [2.75, 3.05) is 5.75 Å². The van der Waals surface area contributed by atoms with Gasteiger partial charge >= 0.3 is 5.82 Å². The van der Waals surface area contributed by atoms with Gasteiger partial charge in [0, 0.05) is 12.7 Å². The molecule has 0 aliphatic carbocycles. The zero-order chi connectivity index (χ0) is 11.4. The lowest BCUT2D eigenvalue weighted by Crippen LogP contribution is -2.10. The van der Waals surface area contributed by atoms with Crippen LogP contribution in [0.1, 0.15) is 5.82 Å². The fourth-order valence-electron chi connectivity index (χ4n) is 1.12. The number of nitro groups is 1. The molecular weight excluding hydrogens is 236 g/mol. The molecule has 15 heavy (non-hydrogen) atoms. The van der Waals surface area contributed by atoms with Crippen molar-refractivity contribution in [3.8, 4) is 0 Å². The Bertz CT molecular complexity index is 390. The Labute approximate surface area is 96.0 Å². The normalized spacial score (nSPS) is 10.2. The second kappa shape index (κ2) is 5.08. The van der Waals surface area contributed by atoms with E-state index in [2.05, 4.69) is 17.2 Å². The number of nitrogens with zero attached hydrogens (tertiary/aromatic N) is 3. The molecule has 0 saturated carbocycles. The highest BCUT2D eigenvalue weighted by molar-refractivity contribution is 8.22. The number of aromatic nitrogens is 2. The van der Waals surface area contributed by atoms with Gasteiger partial charge in [-0.05, 0) is 4.92 Å². The van der Waals surface area contributed by atoms with Crippen molar-refractivity contribution in [1.29, 1.82) is 0 Å². The van der Waals surface area contributed by atoms with Crippen LogP contribution >= 0.6 is 24.0 Å². The molecule has 0 bridgehead atoms. The average Bonchev–Trinajstić information content (AvgIpc) is 2.47. The summed E-state index contributed by atoms with van der Waals surface area (Å²) in [7, 11) is 0. The Morgan fingerprint density at radius 2 is 2.53 bits per heavy atom. The molecule has 0 aromatic carbocycles. The van der Waals surface area contributed by atoms with Crippen LogP contribution in [0.3, 0.4) is 0 Å². The summed E-state index contributed by atoms with van der Waals surface area (Å²) in [6.45, 7) is 2.20. The summed E-state index contributed by atoms with van der Waals surface area (Å²) in [5, 5.41) is 10.6. The molecule has 0 spiro atoms. The summed E-state index contributed by atoms with van der Waals surface area (Å²) in [5.41, 5.74) is 5.30. The highest BCUT2D eigenvalue weighted by Gasteiger charge is 2.16. The van der Waals surface area contributed by atoms with Crippen molar-refractivity contribution in [2.24, 2.45) is 5.73 Å². The zero-order valence-corrected chi connectivity index (χ0v) is 9.68. The number of nitrogens with two attached hydrogens (primary N) is 1. The van der Waals surface area contributed by atoms with E-state index < -0.39 is 4.92 Å². The molecule has 1 heterocycles. The van der Waals surface area contributed by atoms with Gasteiger partial charge in [-0.1, -0.05) is 24.0 Å². The first-order chi connectivity index (χ1) is 7.02. The maximum absolute atomic E-state index is 10.6. The molecule has 0 unspecified atom stereocenters. The number of aryl methyl sites for hydroxylation is 1. The number of thioether (sulfide) groups is 1. The van der Waals surface area contributed by atoms with E-state index in [1.54, 1.807) is 6.92 Å². The Morgan fingerprint density at radius 3 is 3.07 bits per heavy atom. The standard InChI is InChI=1S/C7H10N4O2S2/c1-5-9-4-6(11(12)13)10(5)2-3-15-7(8)14/h4H,2-3H2,1H3,(H2,8,14). The fraction of sp³-hybridized carbons (Fsp3) is 0.429. The molecule has 0 saturated heterocycles. The molecule has 0 aliphatic heterocycles. The highest BCUT2D eigenvalue weighted by Crippen LogP contribution is 2.14. The number of thiocarbonyl (C=S) groups is 1. The van der Waals surface area contributed by atoms with Gasteiger partial charge in [0.15, 0.2) is 5.82 Å². The van der Waals surface area contributed by atoms with Gasteiger partial charge in [0.05, 0.1) is 0 Å². The van der Waals surface area contributed by atoms with Crippen molar-refractivity contribution >= 4 is 34.1 Å². The second-order valence-corrected chi connectivity index (χ2v) is 4.57. The van der Waals surface area contributed by atoms with Crippen LogP contribution < -0.4 is 5.73 Å². The Morgan fingerprint density at radius 1 is 1.87 bits per heavy atom. The summed E-state index contributed by atoms with van der Waals surface area (Å²) < 4.78 is 1.88. The monoisotopic (exact) mass is 246 g/mol. The lowest BCUT2D eigenvalue weighted by molar-refractivity contribution is -0.392. The van der Waals surface area contributed by atoms with Gasteiger partial charge in [0.25, 0.3) is 0 Å². The van der Waals surface area contributed by atoms with Crippen LogP contribution in [0, 0.1) is 17.0 Å². The minimum Gasteiger partial charge on any atom is -0.385 e. The molecular formula is C7H10N4O2S2. The third-order valence-electron chi connectivity index (χ3n) is 1.78. The minimum atomic E-state index is -0.453. The number of hydrogen-bond donors (Lipinski definition) is 1. The van der Waals surface area contributed by atoms with Gasteiger partial charge in [0.1, 0.15) is 17.1 Å². The summed E-state index contributed by atoms with van der Waals surface area (Å²) in [5.74, 6) is 1.22. The molecule has 2 N–H and O–H groups in total. The predicted octanol–water partition coefficient (Wildman–Crippen LogP) is 1.08. The fourth-order valence-corrected chi connectivity index (χ4v) is 1.84. The van der Waals surface area contributed by atoms with Gasteiger partial charge < -0.3 is 15.8 Å². The lowest BCUT2D eigenvalue weighted by atomic mass is 10.6. The van der Waals surface area contributed by atoms with Gasteiger partial charge in [-0.3, -0.25) is 0 Å². The van der Waals surface area contributed by atoms with Gasteiger partial charge in [-0.2, -0.15) is 0 Å². The van der Waals surface area contributed by atoms with Crippen LogP contribution in [0.25, 0.3) is 0 Å². The van der Waals surface area contributed by atoms with E-state index >= 15 is 0 Å². The first-order valence-electron chi connectivity index (χ1n) is 4.11. The van der Waals surface area contributed by atoms with Crippen LogP contribution in [-0.4, -0.2) is 24.5 Å². The van der Waals surface area contributed by atoms with E-state index in [1.165, 1.54) is 22.5 Å². The van der Waals surface area contributed by atoms with Crippen molar-refractivity contribution in [3.05, 3.63) is 22.1 Å².